The van der Waals surface area contributed by atoms with Crippen molar-refractivity contribution in [2.24, 2.45) is 10.2 Å². The lowest BCUT2D eigenvalue weighted by Crippen LogP contribution is -2.01. The standard InChI is InChI=1S/C16H16N6O/c1-23-13-10-6-5-9-12(13)19-20-14-15(17)21-22(16(14)18)11-7-3-2-4-8-11/h2-10H,18H2,1H3,(H2,17,21). The fourth-order valence-corrected chi connectivity index (χ4v) is 2.13. The van der Waals surface area contributed by atoms with Gasteiger partial charge in [0, 0.05) is 0 Å². The summed E-state index contributed by atoms with van der Waals surface area (Å²) in [4.78, 5) is 0. The number of aromatic nitrogens is 2. The third-order valence-electron chi connectivity index (χ3n) is 3.26. The van der Waals surface area contributed by atoms with E-state index in [1.54, 1.807) is 19.2 Å². The lowest BCUT2D eigenvalue weighted by atomic mass is 10.3. The molecule has 0 saturated carbocycles. The molecule has 7 nitrogen and oxygen atoms in total. The van der Waals surface area contributed by atoms with Crippen LogP contribution in [0.5, 0.6) is 5.75 Å². The lowest BCUT2D eigenvalue weighted by Gasteiger charge is -2.03. The van der Waals surface area contributed by atoms with Gasteiger partial charge in [-0.1, -0.05) is 30.3 Å². The molecule has 0 unspecified atom stereocenters. The molecule has 0 bridgehead atoms. The molecule has 0 fully saturated rings. The van der Waals surface area contributed by atoms with E-state index in [0.717, 1.165) is 5.69 Å². The molecule has 1 aromatic heterocycles. The zero-order valence-corrected chi connectivity index (χ0v) is 12.5. The van der Waals surface area contributed by atoms with Crippen LogP contribution in [0.3, 0.4) is 0 Å². The number of nitrogens with zero attached hydrogens (tertiary/aromatic N) is 4. The number of rotatable bonds is 4. The van der Waals surface area contributed by atoms with Crippen molar-refractivity contribution in [3.63, 3.8) is 0 Å². The van der Waals surface area contributed by atoms with Gasteiger partial charge >= 0.3 is 0 Å². The van der Waals surface area contributed by atoms with Crippen LogP contribution >= 0.6 is 0 Å². The number of anilines is 2. The molecule has 4 N–H and O–H groups in total. The average molecular weight is 308 g/mol. The smallest absolute Gasteiger partial charge is 0.176 e. The van der Waals surface area contributed by atoms with Crippen LogP contribution in [0.1, 0.15) is 0 Å². The minimum Gasteiger partial charge on any atom is -0.494 e. The van der Waals surface area contributed by atoms with Crippen LogP contribution in [0.25, 0.3) is 5.69 Å². The fourth-order valence-electron chi connectivity index (χ4n) is 2.13. The van der Waals surface area contributed by atoms with Crippen molar-refractivity contribution in [2.45, 2.75) is 0 Å². The summed E-state index contributed by atoms with van der Waals surface area (Å²) in [6.45, 7) is 0. The molecule has 2 aromatic carbocycles. The Morgan fingerprint density at radius 2 is 1.65 bits per heavy atom. The Hall–Kier alpha value is -3.35. The van der Waals surface area contributed by atoms with Gasteiger partial charge in [-0.05, 0) is 24.3 Å². The molecular formula is C16H16N6O. The van der Waals surface area contributed by atoms with E-state index in [9.17, 15) is 0 Å². The van der Waals surface area contributed by atoms with Crippen LogP contribution in [0.15, 0.2) is 64.8 Å². The summed E-state index contributed by atoms with van der Waals surface area (Å²) in [5.74, 6) is 1.15. The molecule has 3 aromatic rings. The van der Waals surface area contributed by atoms with E-state index >= 15 is 0 Å². The minimum absolute atomic E-state index is 0.213. The van der Waals surface area contributed by atoms with Gasteiger partial charge in [0.2, 0.25) is 0 Å². The molecule has 0 spiro atoms. The first-order chi connectivity index (χ1) is 11.2. The summed E-state index contributed by atoms with van der Waals surface area (Å²) in [7, 11) is 1.57. The molecule has 0 radical (unpaired) electrons. The first-order valence-electron chi connectivity index (χ1n) is 6.95. The third kappa shape index (κ3) is 2.84. The van der Waals surface area contributed by atoms with Crippen LogP contribution in [0, 0.1) is 0 Å². The Bertz CT molecular complexity index is 841. The third-order valence-corrected chi connectivity index (χ3v) is 3.26. The molecule has 0 atom stereocenters. The highest BCUT2D eigenvalue weighted by atomic mass is 16.5. The molecule has 7 heteroatoms. The normalized spacial score (nSPS) is 11.0. The molecular weight excluding hydrogens is 292 g/mol. The lowest BCUT2D eigenvalue weighted by molar-refractivity contribution is 0.416. The number of nitrogens with two attached hydrogens (primary N) is 2. The molecule has 0 aliphatic carbocycles. The van der Waals surface area contributed by atoms with Gasteiger partial charge in [-0.3, -0.25) is 0 Å². The second kappa shape index (κ2) is 6.18. The van der Waals surface area contributed by atoms with Crippen molar-refractivity contribution >= 4 is 23.0 Å². The van der Waals surface area contributed by atoms with E-state index in [1.165, 1.54) is 4.68 Å². The fraction of sp³-hybridized carbons (Fsp3) is 0.0625. The van der Waals surface area contributed by atoms with Crippen molar-refractivity contribution in [1.29, 1.82) is 0 Å². The van der Waals surface area contributed by atoms with Crippen LogP contribution < -0.4 is 16.2 Å². The van der Waals surface area contributed by atoms with Crippen LogP contribution in [-0.2, 0) is 0 Å². The summed E-state index contributed by atoms with van der Waals surface area (Å²) in [5.41, 5.74) is 13.7. The van der Waals surface area contributed by atoms with Crippen molar-refractivity contribution in [3.05, 3.63) is 54.6 Å². The first-order valence-corrected chi connectivity index (χ1v) is 6.95. The zero-order chi connectivity index (χ0) is 16.2. The monoisotopic (exact) mass is 308 g/mol. The van der Waals surface area contributed by atoms with Crippen molar-refractivity contribution in [3.8, 4) is 11.4 Å². The van der Waals surface area contributed by atoms with E-state index < -0.39 is 0 Å². The molecule has 0 saturated heterocycles. The zero-order valence-electron chi connectivity index (χ0n) is 12.5. The largest absolute Gasteiger partial charge is 0.494 e. The molecule has 0 aliphatic rings. The molecule has 0 amide bonds. The summed E-state index contributed by atoms with van der Waals surface area (Å²) in [6.07, 6.45) is 0. The molecule has 23 heavy (non-hydrogen) atoms. The predicted molar refractivity (Wildman–Crippen MR) is 89.6 cm³/mol. The Labute approximate surface area is 133 Å². The number of nitrogen functional groups attached to an aromatic ring is 2. The Kier molecular flexibility index (Phi) is 3.92. The van der Waals surface area contributed by atoms with Gasteiger partial charge in [0.15, 0.2) is 17.3 Å². The Balaban J connectivity index is 1.98. The Morgan fingerprint density at radius 3 is 2.39 bits per heavy atom. The maximum atomic E-state index is 6.11. The number of para-hydroxylation sites is 2. The van der Waals surface area contributed by atoms with E-state index in [2.05, 4.69) is 15.3 Å². The average Bonchev–Trinajstić information content (AvgIpc) is 2.88. The topological polar surface area (TPSA) is 104 Å². The predicted octanol–water partition coefficient (Wildman–Crippen LogP) is 3.46. The van der Waals surface area contributed by atoms with E-state index in [0.29, 0.717) is 22.9 Å². The van der Waals surface area contributed by atoms with Crippen molar-refractivity contribution in [1.82, 2.24) is 9.78 Å². The van der Waals surface area contributed by atoms with Gasteiger partial charge < -0.3 is 16.2 Å². The van der Waals surface area contributed by atoms with Gasteiger partial charge in [-0.25, -0.2) is 4.68 Å². The maximum absolute atomic E-state index is 6.11. The summed E-state index contributed by atoms with van der Waals surface area (Å²) >= 11 is 0. The van der Waals surface area contributed by atoms with Crippen molar-refractivity contribution < 1.29 is 4.74 Å². The van der Waals surface area contributed by atoms with Crippen LogP contribution in [0.2, 0.25) is 0 Å². The number of methoxy groups -OCH3 is 1. The molecule has 116 valence electrons. The number of benzene rings is 2. The summed E-state index contributed by atoms with van der Waals surface area (Å²) in [6, 6.07) is 16.7. The Morgan fingerprint density at radius 1 is 0.957 bits per heavy atom. The second-order valence-electron chi connectivity index (χ2n) is 4.74. The van der Waals surface area contributed by atoms with Gasteiger partial charge in [0.1, 0.15) is 11.4 Å². The highest BCUT2D eigenvalue weighted by molar-refractivity contribution is 5.73. The van der Waals surface area contributed by atoms with Crippen LogP contribution in [0.4, 0.5) is 23.0 Å². The molecule has 0 aliphatic heterocycles. The highest BCUT2D eigenvalue weighted by Gasteiger charge is 2.14. The first kappa shape index (κ1) is 14.6. The van der Waals surface area contributed by atoms with Crippen molar-refractivity contribution in [2.75, 3.05) is 18.6 Å². The quantitative estimate of drug-likeness (QED) is 0.720. The molecule has 3 rings (SSSR count). The number of hydrogen-bond donors (Lipinski definition) is 2. The van der Waals surface area contributed by atoms with Crippen LogP contribution in [-0.4, -0.2) is 16.9 Å². The van der Waals surface area contributed by atoms with E-state index in [-0.39, 0.29) is 5.82 Å². The maximum Gasteiger partial charge on any atom is 0.176 e. The number of ether oxygens (including phenoxy) is 1. The van der Waals surface area contributed by atoms with Gasteiger partial charge in [0.05, 0.1) is 12.8 Å². The highest BCUT2D eigenvalue weighted by Crippen LogP contribution is 2.34. The number of hydrogen-bond acceptors (Lipinski definition) is 6. The summed E-state index contributed by atoms with van der Waals surface area (Å²) in [5, 5.41) is 12.5. The van der Waals surface area contributed by atoms with Gasteiger partial charge in [-0.15, -0.1) is 15.3 Å². The number of azo groups is 1. The SMILES string of the molecule is COc1ccccc1N=Nc1c(N)nn(-c2ccccc2)c1N. The van der Waals surface area contributed by atoms with E-state index in [1.807, 2.05) is 42.5 Å². The molecule has 1 heterocycles. The summed E-state index contributed by atoms with van der Waals surface area (Å²) < 4.78 is 6.77. The minimum atomic E-state index is 0.213. The van der Waals surface area contributed by atoms with E-state index in [4.69, 9.17) is 16.2 Å². The second-order valence-corrected chi connectivity index (χ2v) is 4.74. The van der Waals surface area contributed by atoms with Gasteiger partial charge in [0.25, 0.3) is 0 Å². The van der Waals surface area contributed by atoms with Gasteiger partial charge in [-0.2, -0.15) is 0 Å².